The van der Waals surface area contributed by atoms with Crippen LogP contribution in [0.1, 0.15) is 22.3 Å². The van der Waals surface area contributed by atoms with Gasteiger partial charge in [0, 0.05) is 22.2 Å². The second kappa shape index (κ2) is 8.14. The summed E-state index contributed by atoms with van der Waals surface area (Å²) in [5.74, 6) is 0.0609. The number of amides is 1. The number of nitrogens with zero attached hydrogens (tertiary/aromatic N) is 1. The second-order valence-electron chi connectivity index (χ2n) is 4.86. The van der Waals surface area contributed by atoms with Gasteiger partial charge in [0.15, 0.2) is 0 Å². The normalized spacial score (nSPS) is 10.4. The van der Waals surface area contributed by atoms with Crippen LogP contribution in [0.3, 0.4) is 0 Å². The van der Waals surface area contributed by atoms with Crippen LogP contribution < -0.4 is 5.73 Å². The second-order valence-corrected chi connectivity index (χ2v) is 6.11. The molecule has 3 nitrogen and oxygen atoms in total. The molecular weight excluding hydrogens is 375 g/mol. The van der Waals surface area contributed by atoms with E-state index in [2.05, 4.69) is 22.6 Å². The lowest BCUT2D eigenvalue weighted by atomic mass is 10.1. The molecule has 0 fully saturated rings. The van der Waals surface area contributed by atoms with Gasteiger partial charge in [-0.05, 0) is 59.3 Å². The summed E-state index contributed by atoms with van der Waals surface area (Å²) in [5.41, 5.74) is 7.46. The molecule has 0 aromatic heterocycles. The SMILES string of the molecule is NCCCN(Cc1ccccc1)C(=O)c1cccc(I)c1. The van der Waals surface area contributed by atoms with Crippen molar-refractivity contribution in [2.75, 3.05) is 13.1 Å². The molecule has 0 radical (unpaired) electrons. The van der Waals surface area contributed by atoms with E-state index in [1.54, 1.807) is 0 Å². The predicted octanol–water partition coefficient (Wildman–Crippen LogP) is 3.28. The molecule has 2 rings (SSSR count). The smallest absolute Gasteiger partial charge is 0.254 e. The van der Waals surface area contributed by atoms with Gasteiger partial charge < -0.3 is 10.6 Å². The number of benzene rings is 2. The first-order valence-corrected chi connectivity index (χ1v) is 8.07. The third-order valence-corrected chi connectivity index (χ3v) is 3.88. The minimum absolute atomic E-state index is 0.0609. The van der Waals surface area contributed by atoms with Crippen molar-refractivity contribution in [2.45, 2.75) is 13.0 Å². The third kappa shape index (κ3) is 4.82. The van der Waals surface area contributed by atoms with Gasteiger partial charge in [-0.1, -0.05) is 36.4 Å². The van der Waals surface area contributed by atoms with Crippen LogP contribution in [0.2, 0.25) is 0 Å². The van der Waals surface area contributed by atoms with E-state index in [1.165, 1.54) is 0 Å². The summed E-state index contributed by atoms with van der Waals surface area (Å²) in [6.07, 6.45) is 0.808. The van der Waals surface area contributed by atoms with E-state index < -0.39 is 0 Å². The minimum Gasteiger partial charge on any atom is -0.334 e. The van der Waals surface area contributed by atoms with Crippen molar-refractivity contribution < 1.29 is 4.79 Å². The van der Waals surface area contributed by atoms with Gasteiger partial charge in [0.1, 0.15) is 0 Å². The summed E-state index contributed by atoms with van der Waals surface area (Å²) < 4.78 is 1.07. The van der Waals surface area contributed by atoms with E-state index in [-0.39, 0.29) is 5.91 Å². The van der Waals surface area contributed by atoms with E-state index in [9.17, 15) is 4.79 Å². The van der Waals surface area contributed by atoms with Crippen LogP contribution in [-0.4, -0.2) is 23.9 Å². The van der Waals surface area contributed by atoms with Gasteiger partial charge >= 0.3 is 0 Å². The fourth-order valence-corrected chi connectivity index (χ4v) is 2.69. The zero-order valence-corrected chi connectivity index (χ0v) is 14.0. The summed E-state index contributed by atoms with van der Waals surface area (Å²) in [5, 5.41) is 0. The quantitative estimate of drug-likeness (QED) is 0.765. The van der Waals surface area contributed by atoms with Crippen molar-refractivity contribution in [3.05, 3.63) is 69.3 Å². The molecule has 2 aromatic rings. The average Bonchev–Trinajstić information content (AvgIpc) is 2.51. The van der Waals surface area contributed by atoms with Gasteiger partial charge in [0.05, 0.1) is 0 Å². The van der Waals surface area contributed by atoms with Crippen LogP contribution in [0.5, 0.6) is 0 Å². The van der Waals surface area contributed by atoms with E-state index in [0.29, 0.717) is 19.6 Å². The maximum absolute atomic E-state index is 12.7. The van der Waals surface area contributed by atoms with E-state index in [4.69, 9.17) is 5.73 Å². The molecular formula is C17H19IN2O. The van der Waals surface area contributed by atoms with Gasteiger partial charge in [-0.2, -0.15) is 0 Å². The zero-order valence-electron chi connectivity index (χ0n) is 11.8. The first-order valence-electron chi connectivity index (χ1n) is 6.99. The van der Waals surface area contributed by atoms with Crippen LogP contribution in [0.4, 0.5) is 0 Å². The fourth-order valence-electron chi connectivity index (χ4n) is 2.14. The number of nitrogens with two attached hydrogens (primary N) is 1. The molecule has 21 heavy (non-hydrogen) atoms. The van der Waals surface area contributed by atoms with Crippen LogP contribution in [-0.2, 0) is 6.54 Å². The Labute approximate surface area is 139 Å². The molecule has 0 saturated carbocycles. The van der Waals surface area contributed by atoms with Gasteiger partial charge in [0.2, 0.25) is 0 Å². The van der Waals surface area contributed by atoms with Gasteiger partial charge in [-0.25, -0.2) is 0 Å². The molecule has 0 atom stereocenters. The first kappa shape index (κ1) is 16.0. The van der Waals surface area contributed by atoms with Crippen LogP contribution >= 0.6 is 22.6 Å². The summed E-state index contributed by atoms with van der Waals surface area (Å²) in [4.78, 5) is 14.6. The molecule has 1 amide bonds. The Kier molecular flexibility index (Phi) is 6.20. The van der Waals surface area contributed by atoms with Crippen molar-refractivity contribution in [1.29, 1.82) is 0 Å². The van der Waals surface area contributed by atoms with Crippen LogP contribution in [0.25, 0.3) is 0 Å². The highest BCUT2D eigenvalue weighted by Gasteiger charge is 2.15. The maximum Gasteiger partial charge on any atom is 0.254 e. The Bertz CT molecular complexity index is 586. The number of hydrogen-bond donors (Lipinski definition) is 1. The number of carbonyl (C=O) groups excluding carboxylic acids is 1. The molecule has 0 spiro atoms. The molecule has 0 aliphatic rings. The van der Waals surface area contributed by atoms with Crippen LogP contribution in [0, 0.1) is 3.57 Å². The van der Waals surface area contributed by atoms with Gasteiger partial charge in [0.25, 0.3) is 5.91 Å². The van der Waals surface area contributed by atoms with Crippen molar-refractivity contribution in [1.82, 2.24) is 4.90 Å². The summed E-state index contributed by atoms with van der Waals surface area (Å²) >= 11 is 2.22. The molecule has 0 heterocycles. The number of hydrogen-bond acceptors (Lipinski definition) is 2. The van der Waals surface area contributed by atoms with Crippen molar-refractivity contribution in [3.8, 4) is 0 Å². The number of rotatable bonds is 6. The Morgan fingerprint density at radius 3 is 2.52 bits per heavy atom. The third-order valence-electron chi connectivity index (χ3n) is 3.21. The average molecular weight is 394 g/mol. The largest absolute Gasteiger partial charge is 0.334 e. The predicted molar refractivity (Wildman–Crippen MR) is 94.0 cm³/mol. The summed E-state index contributed by atoms with van der Waals surface area (Å²) in [7, 11) is 0. The van der Waals surface area contributed by atoms with Crippen molar-refractivity contribution in [3.63, 3.8) is 0 Å². The monoisotopic (exact) mass is 394 g/mol. The highest BCUT2D eigenvalue weighted by atomic mass is 127. The highest BCUT2D eigenvalue weighted by molar-refractivity contribution is 14.1. The number of halogens is 1. The maximum atomic E-state index is 12.7. The van der Waals surface area contributed by atoms with Crippen molar-refractivity contribution >= 4 is 28.5 Å². The van der Waals surface area contributed by atoms with Gasteiger partial charge in [-0.15, -0.1) is 0 Å². The molecule has 0 bridgehead atoms. The zero-order chi connectivity index (χ0) is 15.1. The molecule has 4 heteroatoms. The standard InChI is InChI=1S/C17H19IN2O/c18-16-9-4-8-15(12-16)17(21)20(11-5-10-19)13-14-6-2-1-3-7-14/h1-4,6-9,12H,5,10-11,13,19H2. The van der Waals surface area contributed by atoms with Gasteiger partial charge in [-0.3, -0.25) is 4.79 Å². The lowest BCUT2D eigenvalue weighted by molar-refractivity contribution is 0.0742. The fraction of sp³-hybridized carbons (Fsp3) is 0.235. The molecule has 0 unspecified atom stereocenters. The van der Waals surface area contributed by atoms with Crippen molar-refractivity contribution in [2.24, 2.45) is 5.73 Å². The molecule has 110 valence electrons. The highest BCUT2D eigenvalue weighted by Crippen LogP contribution is 2.13. The summed E-state index contributed by atoms with van der Waals surface area (Å²) in [6.45, 7) is 1.88. The Morgan fingerprint density at radius 1 is 1.10 bits per heavy atom. The minimum atomic E-state index is 0.0609. The topological polar surface area (TPSA) is 46.3 Å². The summed E-state index contributed by atoms with van der Waals surface area (Å²) in [6, 6.07) is 17.7. The molecule has 0 aliphatic heterocycles. The molecule has 0 aliphatic carbocycles. The first-order chi connectivity index (χ1) is 10.2. The Morgan fingerprint density at radius 2 is 1.86 bits per heavy atom. The van der Waals surface area contributed by atoms with E-state index in [0.717, 1.165) is 21.1 Å². The molecule has 2 aromatic carbocycles. The van der Waals surface area contributed by atoms with Crippen LogP contribution in [0.15, 0.2) is 54.6 Å². The lowest BCUT2D eigenvalue weighted by Crippen LogP contribution is -2.32. The van der Waals surface area contributed by atoms with E-state index >= 15 is 0 Å². The Hall–Kier alpha value is -1.40. The lowest BCUT2D eigenvalue weighted by Gasteiger charge is -2.23. The molecule has 2 N–H and O–H groups in total. The molecule has 0 saturated heterocycles. The van der Waals surface area contributed by atoms with E-state index in [1.807, 2.05) is 59.5 Å². The number of carbonyl (C=O) groups is 1. The Balaban J connectivity index is 2.17.